The molecule has 2 heterocycles. The molecule has 4 rings (SSSR count). The van der Waals surface area contributed by atoms with Crippen molar-refractivity contribution in [2.45, 2.75) is 38.5 Å². The third-order valence-electron chi connectivity index (χ3n) is 5.20. The highest BCUT2D eigenvalue weighted by atomic mass is 32.2. The monoisotopic (exact) mass is 547 g/mol. The van der Waals surface area contributed by atoms with Crippen LogP contribution in [-0.4, -0.2) is 33.4 Å². The molecule has 0 aliphatic heterocycles. The van der Waals surface area contributed by atoms with E-state index >= 15 is 0 Å². The topological polar surface area (TPSA) is 153 Å². The lowest BCUT2D eigenvalue weighted by molar-refractivity contribution is 0.186. The molecule has 202 valence electrons. The first-order valence-corrected chi connectivity index (χ1v) is 13.1. The lowest BCUT2D eigenvalue weighted by Crippen LogP contribution is -2.03. The van der Waals surface area contributed by atoms with E-state index in [0.717, 1.165) is 5.56 Å². The SMILES string of the molecule is CC.Cc1ccc(-c2c(C#N)c(N)nc(SCc3nc(-c4ccccc4F)oc3C)c2C#N)cc1.OCCO. The number of nitrogens with zero attached hydrogens (tertiary/aromatic N) is 4. The number of rotatable bonds is 6. The summed E-state index contributed by atoms with van der Waals surface area (Å²) in [6.45, 7) is 7.45. The van der Waals surface area contributed by atoms with Crippen molar-refractivity contribution in [2.75, 3.05) is 18.9 Å². The number of hydrogen-bond donors (Lipinski definition) is 3. The minimum absolute atomic E-state index is 0.0542. The zero-order valence-corrected chi connectivity index (χ0v) is 23.0. The lowest BCUT2D eigenvalue weighted by atomic mass is 9.96. The minimum Gasteiger partial charge on any atom is -0.441 e. The van der Waals surface area contributed by atoms with Crippen LogP contribution in [0.4, 0.5) is 10.2 Å². The number of aromatic nitrogens is 2. The summed E-state index contributed by atoms with van der Waals surface area (Å²) in [5.41, 5.74) is 9.62. The molecule has 10 heteroatoms. The normalized spacial score (nSPS) is 9.87. The van der Waals surface area contributed by atoms with Crippen LogP contribution in [0.25, 0.3) is 22.6 Å². The molecule has 0 saturated heterocycles. The Morgan fingerprint density at radius 2 is 1.56 bits per heavy atom. The van der Waals surface area contributed by atoms with Gasteiger partial charge in [0.1, 0.15) is 40.1 Å². The van der Waals surface area contributed by atoms with E-state index in [1.54, 1.807) is 25.1 Å². The molecule has 0 spiro atoms. The number of benzene rings is 2. The summed E-state index contributed by atoms with van der Waals surface area (Å²) in [6.07, 6.45) is 0. The number of nitrogen functional groups attached to an aromatic ring is 1. The smallest absolute Gasteiger partial charge is 0.229 e. The van der Waals surface area contributed by atoms with E-state index in [9.17, 15) is 14.9 Å². The molecule has 0 atom stereocenters. The van der Waals surface area contributed by atoms with E-state index in [4.69, 9.17) is 20.4 Å². The van der Waals surface area contributed by atoms with E-state index < -0.39 is 5.82 Å². The van der Waals surface area contributed by atoms with Crippen LogP contribution in [0.5, 0.6) is 0 Å². The van der Waals surface area contributed by atoms with Crippen molar-refractivity contribution < 1.29 is 19.0 Å². The van der Waals surface area contributed by atoms with E-state index in [1.807, 2.05) is 45.0 Å². The van der Waals surface area contributed by atoms with Crippen molar-refractivity contribution in [3.8, 4) is 34.7 Å². The van der Waals surface area contributed by atoms with Gasteiger partial charge in [0.05, 0.1) is 30.0 Å². The molecule has 0 aliphatic rings. The Labute approximate surface area is 231 Å². The fraction of sp³-hybridized carbons (Fsp3) is 0.241. The molecule has 0 saturated carbocycles. The molecular formula is C29H30FN5O3S. The number of aliphatic hydroxyl groups is 2. The number of nitriles is 2. The minimum atomic E-state index is -0.422. The summed E-state index contributed by atoms with van der Waals surface area (Å²) in [7, 11) is 0. The van der Waals surface area contributed by atoms with Crippen LogP contribution >= 0.6 is 11.8 Å². The van der Waals surface area contributed by atoms with Gasteiger partial charge < -0.3 is 20.4 Å². The van der Waals surface area contributed by atoms with Crippen LogP contribution in [0.15, 0.2) is 58.0 Å². The highest BCUT2D eigenvalue weighted by Crippen LogP contribution is 2.37. The summed E-state index contributed by atoms with van der Waals surface area (Å²) in [5, 5.41) is 35.2. The maximum absolute atomic E-state index is 14.1. The van der Waals surface area contributed by atoms with Crippen LogP contribution in [0.1, 0.15) is 42.0 Å². The first kappa shape index (κ1) is 31.0. The number of thioether (sulfide) groups is 1. The Bertz CT molecular complexity index is 1470. The quantitative estimate of drug-likeness (QED) is 0.255. The Balaban J connectivity index is 0.000000815. The standard InChI is InChI=1S/C25H18FN5OS.C2H6O2.C2H6/c1-14-7-9-16(10-8-14)22-18(11-27)23(29)31-25(19(22)12-28)33-13-21-15(2)32-24(30-21)17-5-3-4-6-20(17)26;3-1-2-4;1-2/h3-10H,13H2,1-2H3,(H2,29,31);3-4H,1-2H2;1-2H3. The molecule has 8 nitrogen and oxygen atoms in total. The average Bonchev–Trinajstić information content (AvgIpc) is 3.33. The number of aliphatic hydroxyl groups excluding tert-OH is 2. The van der Waals surface area contributed by atoms with Gasteiger partial charge in [0.15, 0.2) is 0 Å². The van der Waals surface area contributed by atoms with Crippen LogP contribution in [-0.2, 0) is 5.75 Å². The second-order valence-electron chi connectivity index (χ2n) is 7.75. The fourth-order valence-corrected chi connectivity index (χ4v) is 4.36. The summed E-state index contributed by atoms with van der Waals surface area (Å²) in [6, 6.07) is 18.0. The predicted molar refractivity (Wildman–Crippen MR) is 150 cm³/mol. The average molecular weight is 548 g/mol. The highest BCUT2D eigenvalue weighted by molar-refractivity contribution is 7.98. The Hall–Kier alpha value is -4.22. The van der Waals surface area contributed by atoms with E-state index in [-0.39, 0.29) is 41.6 Å². The second-order valence-corrected chi connectivity index (χ2v) is 8.72. The highest BCUT2D eigenvalue weighted by Gasteiger charge is 2.22. The van der Waals surface area contributed by atoms with Gasteiger partial charge in [-0.1, -0.05) is 67.6 Å². The number of hydrogen-bond acceptors (Lipinski definition) is 9. The maximum Gasteiger partial charge on any atom is 0.229 e. The van der Waals surface area contributed by atoms with Crippen LogP contribution in [0.3, 0.4) is 0 Å². The number of nitrogens with two attached hydrogens (primary N) is 1. The summed E-state index contributed by atoms with van der Waals surface area (Å²) in [4.78, 5) is 8.76. The van der Waals surface area contributed by atoms with Crippen molar-refractivity contribution in [1.29, 1.82) is 10.5 Å². The molecule has 2 aromatic heterocycles. The predicted octanol–water partition coefficient (Wildman–Crippen LogP) is 5.77. The van der Waals surface area contributed by atoms with Crippen molar-refractivity contribution in [2.24, 2.45) is 0 Å². The van der Waals surface area contributed by atoms with Crippen molar-refractivity contribution in [1.82, 2.24) is 9.97 Å². The third kappa shape index (κ3) is 7.65. The Morgan fingerprint density at radius 3 is 2.13 bits per heavy atom. The number of pyridine rings is 1. The Kier molecular flexibility index (Phi) is 12.1. The first-order chi connectivity index (χ1) is 18.8. The molecule has 0 aliphatic carbocycles. The molecule has 0 unspecified atom stereocenters. The van der Waals surface area contributed by atoms with Crippen LogP contribution < -0.4 is 5.73 Å². The van der Waals surface area contributed by atoms with E-state index in [0.29, 0.717) is 33.4 Å². The third-order valence-corrected chi connectivity index (χ3v) is 6.19. The van der Waals surface area contributed by atoms with Crippen molar-refractivity contribution in [3.05, 3.63) is 82.5 Å². The van der Waals surface area contributed by atoms with E-state index in [2.05, 4.69) is 22.1 Å². The first-order valence-electron chi connectivity index (χ1n) is 12.1. The lowest BCUT2D eigenvalue weighted by Gasteiger charge is -2.13. The second kappa shape index (κ2) is 15.3. The number of oxazole rings is 1. The summed E-state index contributed by atoms with van der Waals surface area (Å²) >= 11 is 1.26. The number of anilines is 1. The molecule has 4 aromatic rings. The molecule has 0 amide bonds. The van der Waals surface area contributed by atoms with Gasteiger partial charge in [-0.15, -0.1) is 0 Å². The van der Waals surface area contributed by atoms with Gasteiger partial charge in [-0.05, 0) is 31.5 Å². The van der Waals surface area contributed by atoms with Gasteiger partial charge in [-0.25, -0.2) is 14.4 Å². The van der Waals surface area contributed by atoms with Gasteiger partial charge >= 0.3 is 0 Å². The molecule has 0 bridgehead atoms. The van der Waals surface area contributed by atoms with Crippen LogP contribution in [0, 0.1) is 42.3 Å². The summed E-state index contributed by atoms with van der Waals surface area (Å²) in [5.74, 6) is 0.686. The van der Waals surface area contributed by atoms with Gasteiger partial charge in [0, 0.05) is 11.3 Å². The fourth-order valence-electron chi connectivity index (χ4n) is 3.36. The van der Waals surface area contributed by atoms with Gasteiger partial charge in [0.2, 0.25) is 5.89 Å². The molecule has 39 heavy (non-hydrogen) atoms. The zero-order valence-electron chi connectivity index (χ0n) is 22.2. The molecule has 2 aromatic carbocycles. The molecule has 4 N–H and O–H groups in total. The molecular weight excluding hydrogens is 517 g/mol. The molecule has 0 fully saturated rings. The summed E-state index contributed by atoms with van der Waals surface area (Å²) < 4.78 is 19.8. The maximum atomic E-state index is 14.1. The number of aryl methyl sites for hydroxylation is 2. The van der Waals surface area contributed by atoms with Crippen molar-refractivity contribution >= 4 is 17.6 Å². The van der Waals surface area contributed by atoms with E-state index in [1.165, 1.54) is 17.8 Å². The van der Waals surface area contributed by atoms with Gasteiger partial charge in [0.25, 0.3) is 0 Å². The number of halogens is 1. The van der Waals surface area contributed by atoms with Crippen molar-refractivity contribution in [3.63, 3.8) is 0 Å². The van der Waals surface area contributed by atoms with Crippen LogP contribution in [0.2, 0.25) is 0 Å². The van der Waals surface area contributed by atoms with Gasteiger partial charge in [-0.2, -0.15) is 10.5 Å². The largest absolute Gasteiger partial charge is 0.441 e. The molecule has 0 radical (unpaired) electrons. The zero-order chi connectivity index (χ0) is 28.9. The van der Waals surface area contributed by atoms with Gasteiger partial charge in [-0.3, -0.25) is 0 Å². The Morgan fingerprint density at radius 1 is 0.949 bits per heavy atom.